The third kappa shape index (κ3) is 2.91. The lowest BCUT2D eigenvalue weighted by atomic mass is 9.94. The van der Waals surface area contributed by atoms with Gasteiger partial charge < -0.3 is 4.90 Å². The summed E-state index contributed by atoms with van der Waals surface area (Å²) in [5, 5.41) is 0. The van der Waals surface area contributed by atoms with Gasteiger partial charge in [0.1, 0.15) is 5.82 Å². The van der Waals surface area contributed by atoms with E-state index >= 15 is 0 Å². The molecule has 4 heteroatoms. The molecule has 0 heterocycles. The Morgan fingerprint density at radius 1 is 1.33 bits per heavy atom. The number of nitrogens with zero attached hydrogens (tertiary/aromatic N) is 1. The van der Waals surface area contributed by atoms with Gasteiger partial charge in [-0.1, -0.05) is 19.3 Å². The molecule has 2 nitrogen and oxygen atoms in total. The molecule has 1 aliphatic rings. The third-order valence-electron chi connectivity index (χ3n) is 3.61. The predicted octanol–water partition coefficient (Wildman–Crippen LogP) is 3.99. The maximum absolute atomic E-state index is 13.4. The van der Waals surface area contributed by atoms with Gasteiger partial charge in [0, 0.05) is 18.7 Å². The molecule has 0 saturated heterocycles. The fourth-order valence-corrected chi connectivity index (χ4v) is 2.71. The molecule has 0 unspecified atom stereocenters. The van der Waals surface area contributed by atoms with Crippen molar-refractivity contribution in [1.29, 1.82) is 0 Å². The monoisotopic (exact) mass is 313 g/mol. The SMILES string of the molecule is CN(C(=O)c1ccc(Br)c(F)c1)C1CCCCC1. The quantitative estimate of drug-likeness (QED) is 0.808. The van der Waals surface area contributed by atoms with E-state index in [9.17, 15) is 9.18 Å². The minimum atomic E-state index is -0.391. The summed E-state index contributed by atoms with van der Waals surface area (Å²) >= 11 is 3.09. The Balaban J connectivity index is 2.11. The van der Waals surface area contributed by atoms with E-state index in [1.54, 1.807) is 17.0 Å². The molecule has 2 rings (SSSR count). The lowest BCUT2D eigenvalue weighted by molar-refractivity contribution is 0.0695. The van der Waals surface area contributed by atoms with E-state index < -0.39 is 5.82 Å². The van der Waals surface area contributed by atoms with E-state index in [-0.39, 0.29) is 5.91 Å². The van der Waals surface area contributed by atoms with Crippen LogP contribution < -0.4 is 0 Å². The summed E-state index contributed by atoms with van der Waals surface area (Å²) < 4.78 is 13.8. The molecule has 1 aromatic carbocycles. The van der Waals surface area contributed by atoms with Crippen molar-refractivity contribution >= 4 is 21.8 Å². The summed E-state index contributed by atoms with van der Waals surface area (Å²) in [6.45, 7) is 0. The Kier molecular flexibility index (Phi) is 4.38. The summed E-state index contributed by atoms with van der Waals surface area (Å²) in [6, 6.07) is 4.84. The topological polar surface area (TPSA) is 20.3 Å². The molecule has 1 aromatic rings. The molecule has 0 aliphatic heterocycles. The highest BCUT2D eigenvalue weighted by atomic mass is 79.9. The van der Waals surface area contributed by atoms with Crippen molar-refractivity contribution in [1.82, 2.24) is 4.90 Å². The maximum Gasteiger partial charge on any atom is 0.253 e. The van der Waals surface area contributed by atoms with Crippen LogP contribution in [0.1, 0.15) is 42.5 Å². The largest absolute Gasteiger partial charge is 0.339 e. The van der Waals surface area contributed by atoms with E-state index in [1.165, 1.54) is 25.3 Å². The first-order valence-electron chi connectivity index (χ1n) is 6.32. The van der Waals surface area contributed by atoms with Crippen molar-refractivity contribution in [3.8, 4) is 0 Å². The zero-order chi connectivity index (χ0) is 13.1. The normalized spacial score (nSPS) is 16.6. The number of carbonyl (C=O) groups excluding carboxylic acids is 1. The molecular formula is C14H17BrFNO. The summed E-state index contributed by atoms with van der Waals surface area (Å²) in [6.07, 6.45) is 5.72. The van der Waals surface area contributed by atoms with E-state index in [4.69, 9.17) is 0 Å². The summed E-state index contributed by atoms with van der Waals surface area (Å²) in [5.74, 6) is -0.480. The van der Waals surface area contributed by atoms with Crippen molar-refractivity contribution in [2.45, 2.75) is 38.1 Å². The van der Waals surface area contributed by atoms with Crippen LogP contribution in [0.25, 0.3) is 0 Å². The lowest BCUT2D eigenvalue weighted by Crippen LogP contribution is -2.38. The van der Waals surface area contributed by atoms with Gasteiger partial charge in [0.2, 0.25) is 0 Å². The number of rotatable bonds is 2. The molecule has 0 spiro atoms. The van der Waals surface area contributed by atoms with E-state index in [0.29, 0.717) is 16.1 Å². The van der Waals surface area contributed by atoms with Gasteiger partial charge in [0.25, 0.3) is 5.91 Å². The number of amides is 1. The fraction of sp³-hybridized carbons (Fsp3) is 0.500. The third-order valence-corrected chi connectivity index (χ3v) is 4.25. The van der Waals surface area contributed by atoms with Crippen LogP contribution >= 0.6 is 15.9 Å². The van der Waals surface area contributed by atoms with Crippen molar-refractivity contribution in [3.63, 3.8) is 0 Å². The molecule has 18 heavy (non-hydrogen) atoms. The van der Waals surface area contributed by atoms with Crippen LogP contribution in [0, 0.1) is 5.82 Å². The molecule has 98 valence electrons. The summed E-state index contributed by atoms with van der Waals surface area (Å²) in [7, 11) is 1.82. The molecule has 1 amide bonds. The molecule has 1 saturated carbocycles. The van der Waals surface area contributed by atoms with Crippen LogP contribution in [0.5, 0.6) is 0 Å². The van der Waals surface area contributed by atoms with E-state index in [2.05, 4.69) is 15.9 Å². The first-order chi connectivity index (χ1) is 8.59. The lowest BCUT2D eigenvalue weighted by Gasteiger charge is -2.31. The van der Waals surface area contributed by atoms with Gasteiger partial charge >= 0.3 is 0 Å². The molecule has 1 fully saturated rings. The number of halogens is 2. The molecule has 0 bridgehead atoms. The Hall–Kier alpha value is -0.900. The Morgan fingerprint density at radius 3 is 2.61 bits per heavy atom. The summed E-state index contributed by atoms with van der Waals surface area (Å²) in [4.78, 5) is 14.0. The number of benzene rings is 1. The van der Waals surface area contributed by atoms with Crippen molar-refractivity contribution < 1.29 is 9.18 Å². The molecule has 1 aliphatic carbocycles. The van der Waals surface area contributed by atoms with Gasteiger partial charge in [-0.2, -0.15) is 0 Å². The van der Waals surface area contributed by atoms with Crippen molar-refractivity contribution in [3.05, 3.63) is 34.1 Å². The molecule has 0 radical (unpaired) electrons. The minimum absolute atomic E-state index is 0.0895. The van der Waals surface area contributed by atoms with Crippen LogP contribution in [-0.4, -0.2) is 23.9 Å². The zero-order valence-electron chi connectivity index (χ0n) is 10.5. The standard InChI is InChI=1S/C14H17BrFNO/c1-17(11-5-3-2-4-6-11)14(18)10-7-8-12(15)13(16)9-10/h7-9,11H,2-6H2,1H3. The van der Waals surface area contributed by atoms with Gasteiger partial charge in [0.15, 0.2) is 0 Å². The molecular weight excluding hydrogens is 297 g/mol. The van der Waals surface area contributed by atoms with Crippen LogP contribution in [-0.2, 0) is 0 Å². The Morgan fingerprint density at radius 2 is 2.00 bits per heavy atom. The highest BCUT2D eigenvalue weighted by Crippen LogP contribution is 2.24. The smallest absolute Gasteiger partial charge is 0.253 e. The number of carbonyl (C=O) groups is 1. The average molecular weight is 314 g/mol. The second-order valence-corrected chi connectivity index (χ2v) is 5.69. The zero-order valence-corrected chi connectivity index (χ0v) is 12.0. The highest BCUT2D eigenvalue weighted by Gasteiger charge is 2.23. The van der Waals surface area contributed by atoms with Gasteiger partial charge in [-0.25, -0.2) is 4.39 Å². The van der Waals surface area contributed by atoms with Crippen LogP contribution in [0.4, 0.5) is 4.39 Å². The van der Waals surface area contributed by atoms with Crippen LogP contribution in [0.3, 0.4) is 0 Å². The minimum Gasteiger partial charge on any atom is -0.339 e. The van der Waals surface area contributed by atoms with E-state index in [1.807, 2.05) is 7.05 Å². The number of hydrogen-bond donors (Lipinski definition) is 0. The second kappa shape index (κ2) is 5.83. The first-order valence-corrected chi connectivity index (χ1v) is 7.11. The van der Waals surface area contributed by atoms with Crippen LogP contribution in [0.2, 0.25) is 0 Å². The van der Waals surface area contributed by atoms with Gasteiger partial charge in [-0.3, -0.25) is 4.79 Å². The van der Waals surface area contributed by atoms with Gasteiger partial charge in [-0.15, -0.1) is 0 Å². The molecule has 0 N–H and O–H groups in total. The second-order valence-electron chi connectivity index (χ2n) is 4.84. The first kappa shape index (κ1) is 13.5. The van der Waals surface area contributed by atoms with Crippen molar-refractivity contribution in [2.24, 2.45) is 0 Å². The average Bonchev–Trinajstić information content (AvgIpc) is 2.41. The van der Waals surface area contributed by atoms with Crippen molar-refractivity contribution in [2.75, 3.05) is 7.05 Å². The van der Waals surface area contributed by atoms with Gasteiger partial charge in [0.05, 0.1) is 4.47 Å². The summed E-state index contributed by atoms with van der Waals surface area (Å²) in [5.41, 5.74) is 0.420. The Bertz CT molecular complexity index is 443. The fourth-order valence-electron chi connectivity index (χ4n) is 2.47. The number of hydrogen-bond acceptors (Lipinski definition) is 1. The Labute approximate surface area is 115 Å². The highest BCUT2D eigenvalue weighted by molar-refractivity contribution is 9.10. The predicted molar refractivity (Wildman–Crippen MR) is 73.1 cm³/mol. The maximum atomic E-state index is 13.4. The van der Waals surface area contributed by atoms with Gasteiger partial charge in [-0.05, 0) is 47.0 Å². The van der Waals surface area contributed by atoms with E-state index in [0.717, 1.165) is 12.8 Å². The van der Waals surface area contributed by atoms with Crippen LogP contribution in [0.15, 0.2) is 22.7 Å². The molecule has 0 aromatic heterocycles. The molecule has 0 atom stereocenters.